The monoisotopic (exact) mass is 592 g/mol. The normalized spacial score (nSPS) is 17.6. The van der Waals surface area contributed by atoms with Crippen LogP contribution in [-0.4, -0.2) is 95.4 Å². The van der Waals surface area contributed by atoms with E-state index in [2.05, 4.69) is 15.2 Å². The highest BCUT2D eigenvalue weighted by Gasteiger charge is 2.47. The Hall–Kier alpha value is -2.68. The van der Waals surface area contributed by atoms with Gasteiger partial charge in [-0.2, -0.15) is 10.4 Å². The number of hydrogen-bond donors (Lipinski definition) is 4. The van der Waals surface area contributed by atoms with Crippen molar-refractivity contribution in [3.63, 3.8) is 0 Å². The van der Waals surface area contributed by atoms with Crippen LogP contribution in [0.4, 0.5) is 5.82 Å². The second-order valence-electron chi connectivity index (χ2n) is 8.87. The number of carbonyl (C=O) groups is 1. The third-order valence-electron chi connectivity index (χ3n) is 5.37. The molecule has 16 nitrogen and oxygen atoms in total. The highest BCUT2D eigenvalue weighted by molar-refractivity contribution is 7.90. The highest BCUT2D eigenvalue weighted by atomic mass is 32.2. The van der Waals surface area contributed by atoms with Crippen molar-refractivity contribution in [1.82, 2.24) is 19.7 Å². The maximum atomic E-state index is 13.5. The Kier molecular flexibility index (Phi) is 10.9. The summed E-state index contributed by atoms with van der Waals surface area (Å²) in [6.07, 6.45) is -2.22. The van der Waals surface area contributed by atoms with Crippen molar-refractivity contribution >= 4 is 34.9 Å². The zero-order valence-corrected chi connectivity index (χ0v) is 23.8. The average molecular weight is 593 g/mol. The molecule has 0 amide bonds. The zero-order valence-electron chi connectivity index (χ0n) is 22.0. The Morgan fingerprint density at radius 1 is 1.31 bits per heavy atom. The van der Waals surface area contributed by atoms with E-state index in [4.69, 9.17) is 24.3 Å². The molecule has 0 saturated heterocycles. The Balaban J connectivity index is 2.32. The van der Waals surface area contributed by atoms with Crippen LogP contribution >= 0.6 is 7.75 Å². The van der Waals surface area contributed by atoms with Crippen LogP contribution in [0.25, 0.3) is 5.52 Å². The smallest absolute Gasteiger partial charge is 0.406 e. The maximum absolute atomic E-state index is 13.5. The minimum absolute atomic E-state index is 0.0269. The molecule has 5 atom stereocenters. The van der Waals surface area contributed by atoms with Crippen LogP contribution in [-0.2, 0) is 37.7 Å². The fourth-order valence-electron chi connectivity index (χ4n) is 3.25. The van der Waals surface area contributed by atoms with E-state index in [9.17, 15) is 33.3 Å². The highest BCUT2D eigenvalue weighted by Crippen LogP contribution is 2.46. The summed E-state index contributed by atoms with van der Waals surface area (Å²) in [5.41, 5.74) is 3.82. The molecule has 218 valence electrons. The van der Waals surface area contributed by atoms with Crippen molar-refractivity contribution in [2.24, 2.45) is 0 Å². The molecule has 18 heteroatoms. The molecular formula is C21H33N6O10PS. The Morgan fingerprint density at radius 3 is 2.54 bits per heavy atom. The summed E-state index contributed by atoms with van der Waals surface area (Å²) in [7, 11) is -7.02. The molecule has 5 N–H and O–H groups in total. The standard InChI is InChI=1S/C21H33N6O10PS/c1-13(2)37-20(30)14(3)26-38(31,35-8-9-39(5,32)33)36-11-21(10-22,34-4)18(29)17(28)15-6-7-16-19(23)24-12-25-27(15)16/h6-7,12-14,17-18,28-29H,8-9,11H2,1-5H3,(H,26,31)(H2,23,24,25)/t14-,17-,18-,21+,38?/m0/s1. The summed E-state index contributed by atoms with van der Waals surface area (Å²) in [4.78, 5) is 16.1. The van der Waals surface area contributed by atoms with Crippen LogP contribution < -0.4 is 10.8 Å². The number of anilines is 1. The van der Waals surface area contributed by atoms with Crippen LogP contribution in [0, 0.1) is 11.3 Å². The van der Waals surface area contributed by atoms with Gasteiger partial charge in [0.05, 0.1) is 24.2 Å². The lowest BCUT2D eigenvalue weighted by Gasteiger charge is -2.34. The van der Waals surface area contributed by atoms with E-state index in [1.54, 1.807) is 19.9 Å². The molecular weight excluding hydrogens is 559 g/mol. The number of esters is 1. The van der Waals surface area contributed by atoms with Gasteiger partial charge in [0.25, 0.3) is 0 Å². The summed E-state index contributed by atoms with van der Waals surface area (Å²) in [6.45, 7) is 2.96. The first kappa shape index (κ1) is 32.5. The molecule has 2 rings (SSSR count). The molecule has 2 heterocycles. The van der Waals surface area contributed by atoms with Gasteiger partial charge in [-0.15, -0.1) is 0 Å². The number of nitriles is 1. The molecule has 0 fully saturated rings. The van der Waals surface area contributed by atoms with Gasteiger partial charge in [0.15, 0.2) is 5.82 Å². The van der Waals surface area contributed by atoms with Crippen LogP contribution in [0.1, 0.15) is 32.6 Å². The summed E-state index contributed by atoms with van der Waals surface area (Å²) in [6, 6.07) is 3.35. The number of ether oxygens (including phenoxy) is 2. The second kappa shape index (κ2) is 13.1. The summed E-state index contributed by atoms with van der Waals surface area (Å²) >= 11 is 0. The van der Waals surface area contributed by atoms with Crippen molar-refractivity contribution in [1.29, 1.82) is 5.26 Å². The van der Waals surface area contributed by atoms with E-state index >= 15 is 0 Å². The molecule has 0 spiro atoms. The fourth-order valence-corrected chi connectivity index (χ4v) is 5.25. The zero-order chi connectivity index (χ0) is 29.6. The molecule has 39 heavy (non-hydrogen) atoms. The molecule has 0 aromatic carbocycles. The van der Waals surface area contributed by atoms with Crippen LogP contribution in [0.15, 0.2) is 18.5 Å². The molecule has 0 radical (unpaired) electrons. The van der Waals surface area contributed by atoms with E-state index in [1.165, 1.54) is 23.6 Å². The average Bonchev–Trinajstić information content (AvgIpc) is 3.28. The first-order valence-corrected chi connectivity index (χ1v) is 15.1. The second-order valence-corrected chi connectivity index (χ2v) is 12.9. The fraction of sp³-hybridized carbons (Fsp3) is 0.619. The molecule has 0 aliphatic carbocycles. The van der Waals surface area contributed by atoms with Gasteiger partial charge < -0.3 is 25.4 Å². The van der Waals surface area contributed by atoms with Crippen molar-refractivity contribution in [3.8, 4) is 6.07 Å². The van der Waals surface area contributed by atoms with Crippen molar-refractivity contribution in [3.05, 3.63) is 24.2 Å². The number of hydrogen-bond acceptors (Lipinski definition) is 14. The Bertz CT molecular complexity index is 1350. The number of rotatable bonds is 15. The van der Waals surface area contributed by atoms with E-state index < -0.39 is 72.5 Å². The lowest BCUT2D eigenvalue weighted by molar-refractivity contribution is -0.149. The van der Waals surface area contributed by atoms with E-state index in [0.717, 1.165) is 19.7 Å². The minimum Gasteiger partial charge on any atom is -0.462 e. The first-order chi connectivity index (χ1) is 18.1. The number of nitrogens with zero attached hydrogens (tertiary/aromatic N) is 4. The quantitative estimate of drug-likeness (QED) is 0.154. The topological polar surface area (TPSA) is 238 Å². The third-order valence-corrected chi connectivity index (χ3v) is 7.97. The van der Waals surface area contributed by atoms with Crippen LogP contribution in [0.5, 0.6) is 0 Å². The predicted octanol–water partition coefficient (Wildman–Crippen LogP) is -0.270. The maximum Gasteiger partial charge on any atom is 0.406 e. The number of aliphatic hydroxyl groups excluding tert-OH is 2. The number of nitrogens with two attached hydrogens (primary N) is 1. The summed E-state index contributed by atoms with van der Waals surface area (Å²) in [5, 5.41) is 38.2. The molecule has 1 unspecified atom stereocenters. The van der Waals surface area contributed by atoms with Gasteiger partial charge in [0.1, 0.15) is 52.6 Å². The number of aromatic nitrogens is 3. The van der Waals surface area contributed by atoms with E-state index in [1.807, 2.05) is 0 Å². The Labute approximate surface area is 225 Å². The van der Waals surface area contributed by atoms with Gasteiger partial charge in [0.2, 0.25) is 5.60 Å². The molecule has 0 aliphatic rings. The van der Waals surface area contributed by atoms with E-state index in [-0.39, 0.29) is 11.5 Å². The molecule has 2 aromatic heterocycles. The van der Waals surface area contributed by atoms with Gasteiger partial charge in [-0.3, -0.25) is 13.8 Å². The van der Waals surface area contributed by atoms with E-state index in [0.29, 0.717) is 5.52 Å². The lowest BCUT2D eigenvalue weighted by atomic mass is 9.93. The number of methoxy groups -OCH3 is 1. The molecule has 0 saturated carbocycles. The first-order valence-electron chi connectivity index (χ1n) is 11.5. The van der Waals surface area contributed by atoms with Crippen molar-refractivity contribution in [2.75, 3.05) is 38.1 Å². The van der Waals surface area contributed by atoms with Crippen LogP contribution in [0.3, 0.4) is 0 Å². The third kappa shape index (κ3) is 8.40. The van der Waals surface area contributed by atoms with Gasteiger partial charge in [-0.05, 0) is 32.9 Å². The van der Waals surface area contributed by atoms with Crippen molar-refractivity contribution in [2.45, 2.75) is 50.7 Å². The number of fused-ring (bicyclic) bond motifs is 1. The number of aliphatic hydroxyl groups is 2. The predicted molar refractivity (Wildman–Crippen MR) is 137 cm³/mol. The van der Waals surface area contributed by atoms with Gasteiger partial charge in [-0.1, -0.05) is 0 Å². The molecule has 0 aliphatic heterocycles. The van der Waals surface area contributed by atoms with Gasteiger partial charge in [0, 0.05) is 13.4 Å². The molecule has 2 aromatic rings. The van der Waals surface area contributed by atoms with Gasteiger partial charge in [-0.25, -0.2) is 27.6 Å². The largest absolute Gasteiger partial charge is 0.462 e. The SMILES string of the molecule is CO[C@](C#N)(COP(=O)(N[C@@H](C)C(=O)OC(C)C)OCCS(C)(=O)=O)[C@@H](O)[C@@H](O)c1ccc2c(N)ncnn12. The lowest BCUT2D eigenvalue weighted by Crippen LogP contribution is -2.50. The summed E-state index contributed by atoms with van der Waals surface area (Å²) in [5.74, 6) is -1.24. The number of nitrogens with one attached hydrogen (secondary N) is 1. The number of nitrogen functional groups attached to an aromatic ring is 1. The summed E-state index contributed by atoms with van der Waals surface area (Å²) < 4.78 is 58.6. The Morgan fingerprint density at radius 2 is 1.97 bits per heavy atom. The molecule has 0 bridgehead atoms. The van der Waals surface area contributed by atoms with Crippen LogP contribution in [0.2, 0.25) is 0 Å². The minimum atomic E-state index is -4.54. The van der Waals surface area contributed by atoms with Crippen molar-refractivity contribution < 1.29 is 46.5 Å². The number of sulfone groups is 1. The number of carbonyl (C=O) groups excluding carboxylic acids is 1. The van der Waals surface area contributed by atoms with Gasteiger partial charge >= 0.3 is 13.7 Å².